The Hall–Kier alpha value is -4.59. The molecule has 34 heavy (non-hydrogen) atoms. The molecule has 0 fully saturated rings. The zero-order valence-corrected chi connectivity index (χ0v) is 17.9. The molecule has 0 spiro atoms. The number of nitrogens with one attached hydrogen (secondary N) is 1. The van der Waals surface area contributed by atoms with E-state index in [0.29, 0.717) is 33.7 Å². The van der Waals surface area contributed by atoms with Crippen molar-refractivity contribution in [2.24, 2.45) is 5.73 Å². The number of nitrogens with two attached hydrogens (primary N) is 1. The number of para-hydroxylation sites is 2. The number of hydrogen-bond acceptors (Lipinski definition) is 6. The van der Waals surface area contributed by atoms with Crippen molar-refractivity contribution in [3.05, 3.63) is 100 Å². The van der Waals surface area contributed by atoms with Gasteiger partial charge in [0, 0.05) is 5.69 Å². The lowest BCUT2D eigenvalue weighted by Crippen LogP contribution is -2.35. The number of hydrogen-bond donors (Lipinski definition) is 2. The molecule has 0 saturated carbocycles. The molecule has 2 unspecified atom stereocenters. The van der Waals surface area contributed by atoms with Crippen LogP contribution >= 0.6 is 0 Å². The highest BCUT2D eigenvalue weighted by Crippen LogP contribution is 2.44. The van der Waals surface area contributed by atoms with Gasteiger partial charge in [-0.1, -0.05) is 42.5 Å². The first-order chi connectivity index (χ1) is 16.5. The van der Waals surface area contributed by atoms with Crippen LogP contribution in [0.4, 0.5) is 5.69 Å². The Balaban J connectivity index is 1.57. The maximum absolute atomic E-state index is 13.3. The van der Waals surface area contributed by atoms with E-state index in [-0.39, 0.29) is 12.2 Å². The van der Waals surface area contributed by atoms with E-state index in [1.165, 1.54) is 0 Å². The van der Waals surface area contributed by atoms with E-state index in [2.05, 4.69) is 5.32 Å². The standard InChI is InChI=1S/C26H20N2O6/c27-20(29)14-32-17-12-10-15(11-13-17)21-22-23(18-8-4-5-9-19(18)33-26(22)31)34-24(21)25(30)28-16-6-2-1-3-7-16/h1-13,21,24H,14H2,(H2,27,29)(H,28,30). The molecular formula is C26H20N2O6. The van der Waals surface area contributed by atoms with Gasteiger partial charge in [0.2, 0.25) is 0 Å². The van der Waals surface area contributed by atoms with E-state index in [1.807, 2.05) is 24.3 Å². The fraction of sp³-hybridized carbons (Fsp3) is 0.115. The Kier molecular flexibility index (Phi) is 5.47. The van der Waals surface area contributed by atoms with E-state index >= 15 is 0 Å². The zero-order valence-electron chi connectivity index (χ0n) is 17.9. The minimum atomic E-state index is -1.01. The van der Waals surface area contributed by atoms with Crippen LogP contribution in [0.5, 0.6) is 11.5 Å². The van der Waals surface area contributed by atoms with Crippen molar-refractivity contribution in [2.45, 2.75) is 12.0 Å². The summed E-state index contributed by atoms with van der Waals surface area (Å²) in [5, 5.41) is 3.47. The highest BCUT2D eigenvalue weighted by atomic mass is 16.5. The zero-order chi connectivity index (χ0) is 23.7. The van der Waals surface area contributed by atoms with Gasteiger partial charge >= 0.3 is 5.63 Å². The van der Waals surface area contributed by atoms with Gasteiger partial charge in [-0.2, -0.15) is 0 Å². The van der Waals surface area contributed by atoms with Crippen LogP contribution in [0.1, 0.15) is 17.0 Å². The highest BCUT2D eigenvalue weighted by molar-refractivity contribution is 5.97. The van der Waals surface area contributed by atoms with Gasteiger partial charge in [0.15, 0.2) is 12.7 Å². The minimum Gasteiger partial charge on any atom is -0.484 e. The van der Waals surface area contributed by atoms with Crippen molar-refractivity contribution in [1.29, 1.82) is 0 Å². The number of carbonyl (C=O) groups excluding carboxylic acids is 2. The van der Waals surface area contributed by atoms with Crippen molar-refractivity contribution in [3.63, 3.8) is 0 Å². The Morgan fingerprint density at radius 2 is 1.65 bits per heavy atom. The number of ether oxygens (including phenoxy) is 2. The van der Waals surface area contributed by atoms with E-state index in [9.17, 15) is 14.4 Å². The summed E-state index contributed by atoms with van der Waals surface area (Å²) in [5.74, 6) is -0.948. The summed E-state index contributed by atoms with van der Waals surface area (Å²) in [6.45, 7) is -0.258. The lowest BCUT2D eigenvalue weighted by molar-refractivity contribution is -0.122. The summed E-state index contributed by atoms with van der Waals surface area (Å²) in [5.41, 5.74) is 6.48. The molecule has 2 heterocycles. The smallest absolute Gasteiger partial charge is 0.344 e. The van der Waals surface area contributed by atoms with Crippen LogP contribution in [0.25, 0.3) is 11.0 Å². The number of benzene rings is 3. The van der Waals surface area contributed by atoms with Gasteiger partial charge in [0.25, 0.3) is 11.8 Å². The average Bonchev–Trinajstić information content (AvgIpc) is 3.26. The molecule has 1 aliphatic rings. The van der Waals surface area contributed by atoms with Crippen LogP contribution in [0.15, 0.2) is 88.1 Å². The van der Waals surface area contributed by atoms with Crippen LogP contribution in [0.2, 0.25) is 0 Å². The molecule has 170 valence electrons. The lowest BCUT2D eigenvalue weighted by atomic mass is 9.88. The third kappa shape index (κ3) is 3.97. The second-order valence-corrected chi connectivity index (χ2v) is 7.82. The molecular weight excluding hydrogens is 436 g/mol. The molecule has 0 saturated heterocycles. The van der Waals surface area contributed by atoms with Crippen LogP contribution in [-0.4, -0.2) is 24.5 Å². The molecule has 0 aliphatic carbocycles. The van der Waals surface area contributed by atoms with E-state index < -0.39 is 29.5 Å². The van der Waals surface area contributed by atoms with Crippen molar-refractivity contribution in [1.82, 2.24) is 0 Å². The topological polar surface area (TPSA) is 121 Å². The Labute approximate surface area is 193 Å². The summed E-state index contributed by atoms with van der Waals surface area (Å²) in [7, 11) is 0. The second-order valence-electron chi connectivity index (χ2n) is 7.82. The van der Waals surface area contributed by atoms with E-state index in [1.54, 1.807) is 54.6 Å². The third-order valence-corrected chi connectivity index (χ3v) is 5.58. The molecule has 2 atom stereocenters. The van der Waals surface area contributed by atoms with Crippen molar-refractivity contribution in [3.8, 4) is 11.5 Å². The van der Waals surface area contributed by atoms with Gasteiger partial charge in [0.05, 0.1) is 16.9 Å². The van der Waals surface area contributed by atoms with Crippen molar-refractivity contribution >= 4 is 28.5 Å². The molecule has 0 bridgehead atoms. The second kappa shape index (κ2) is 8.74. The summed E-state index contributed by atoms with van der Waals surface area (Å²) in [6, 6.07) is 22.8. The van der Waals surface area contributed by atoms with Crippen molar-refractivity contribution in [2.75, 3.05) is 11.9 Å². The van der Waals surface area contributed by atoms with Gasteiger partial charge in [-0.05, 0) is 42.0 Å². The van der Waals surface area contributed by atoms with E-state index in [4.69, 9.17) is 19.6 Å². The Morgan fingerprint density at radius 3 is 2.38 bits per heavy atom. The average molecular weight is 456 g/mol. The fourth-order valence-corrected chi connectivity index (χ4v) is 4.08. The molecule has 8 nitrogen and oxygen atoms in total. The highest BCUT2D eigenvalue weighted by Gasteiger charge is 2.44. The number of carbonyl (C=O) groups is 2. The Bertz CT molecular complexity index is 1430. The normalized spacial score (nSPS) is 16.5. The summed E-state index contributed by atoms with van der Waals surface area (Å²) in [4.78, 5) is 37.3. The van der Waals surface area contributed by atoms with Crippen LogP contribution in [-0.2, 0) is 9.59 Å². The molecule has 8 heteroatoms. The molecule has 2 amide bonds. The largest absolute Gasteiger partial charge is 0.484 e. The number of rotatable bonds is 6. The molecule has 1 aromatic heterocycles. The maximum Gasteiger partial charge on any atom is 0.344 e. The summed E-state index contributed by atoms with van der Waals surface area (Å²) < 4.78 is 17.0. The first kappa shape index (κ1) is 21.3. The fourth-order valence-electron chi connectivity index (χ4n) is 4.08. The molecule has 1 aliphatic heterocycles. The maximum atomic E-state index is 13.3. The van der Waals surface area contributed by atoms with Gasteiger partial charge in [-0.25, -0.2) is 4.79 Å². The summed E-state index contributed by atoms with van der Waals surface area (Å²) >= 11 is 0. The number of primary amides is 1. The quantitative estimate of drug-likeness (QED) is 0.430. The summed E-state index contributed by atoms with van der Waals surface area (Å²) in [6.07, 6.45) is -1.01. The van der Waals surface area contributed by atoms with Crippen LogP contribution in [0, 0.1) is 0 Å². The number of amides is 2. The molecule has 5 rings (SSSR count). The van der Waals surface area contributed by atoms with Crippen molar-refractivity contribution < 1.29 is 23.5 Å². The van der Waals surface area contributed by atoms with Gasteiger partial charge in [-0.3, -0.25) is 9.59 Å². The Morgan fingerprint density at radius 1 is 0.941 bits per heavy atom. The lowest BCUT2D eigenvalue weighted by Gasteiger charge is -2.19. The molecule has 4 aromatic rings. The van der Waals surface area contributed by atoms with Gasteiger partial charge in [0.1, 0.15) is 17.1 Å². The van der Waals surface area contributed by atoms with Gasteiger partial charge in [-0.15, -0.1) is 0 Å². The van der Waals surface area contributed by atoms with Crippen LogP contribution < -0.4 is 26.1 Å². The molecule has 3 aromatic carbocycles. The van der Waals surface area contributed by atoms with Crippen LogP contribution in [0.3, 0.4) is 0 Å². The first-order valence-corrected chi connectivity index (χ1v) is 10.6. The predicted octanol–water partition coefficient (Wildman–Crippen LogP) is 3.19. The molecule has 3 N–H and O–H groups in total. The predicted molar refractivity (Wildman–Crippen MR) is 125 cm³/mol. The number of fused-ring (bicyclic) bond motifs is 3. The first-order valence-electron chi connectivity index (χ1n) is 10.6. The number of anilines is 1. The minimum absolute atomic E-state index is 0.258. The third-order valence-electron chi connectivity index (χ3n) is 5.58. The van der Waals surface area contributed by atoms with E-state index in [0.717, 1.165) is 0 Å². The SMILES string of the molecule is NC(=O)COc1ccc(C2c3c(c4ccccc4oc3=O)OC2C(=O)Nc2ccccc2)cc1. The molecule has 0 radical (unpaired) electrons. The van der Waals surface area contributed by atoms with Gasteiger partial charge < -0.3 is 24.9 Å². The monoisotopic (exact) mass is 456 g/mol.